The minimum Gasteiger partial charge on any atom is -0.293 e. The predicted octanol–water partition coefficient (Wildman–Crippen LogP) is 4.36. The van der Waals surface area contributed by atoms with Crippen LogP contribution in [0.4, 0.5) is 0 Å². The van der Waals surface area contributed by atoms with E-state index in [0.29, 0.717) is 5.78 Å². The lowest BCUT2D eigenvalue weighted by Gasteiger charge is -2.24. The van der Waals surface area contributed by atoms with E-state index in [-0.39, 0.29) is 5.92 Å². The molecule has 1 aromatic carbocycles. The van der Waals surface area contributed by atoms with Gasteiger partial charge in [0, 0.05) is 21.7 Å². The molecule has 0 saturated carbocycles. The molecule has 1 aliphatic rings. The number of carbonyl (C=O) groups is 1. The van der Waals surface area contributed by atoms with Crippen LogP contribution in [0.5, 0.6) is 0 Å². The molecule has 0 N–H and O–H groups in total. The molecule has 2 heteroatoms. The summed E-state index contributed by atoms with van der Waals surface area (Å²) in [5, 5.41) is 1.99. The molecule has 1 atom stereocenters. The highest BCUT2D eigenvalue weighted by atomic mass is 32.1. The number of hydrogen-bond acceptors (Lipinski definition) is 2. The summed E-state index contributed by atoms with van der Waals surface area (Å²) in [6.45, 7) is 2.05. The molecule has 0 spiro atoms. The second-order valence-corrected chi connectivity index (χ2v) is 6.07. The number of fused-ring (bicyclic) bond motifs is 1. The second-order valence-electron chi connectivity index (χ2n) is 4.95. The number of benzene rings is 1. The van der Waals surface area contributed by atoms with Crippen molar-refractivity contribution in [1.82, 2.24) is 0 Å². The number of aryl methyl sites for hydroxylation is 2. The molecule has 0 saturated heterocycles. The number of Topliss-reactive ketones (excluding diaryl/α,β-unsaturated/α-hetero) is 1. The molecule has 3 rings (SSSR count). The van der Waals surface area contributed by atoms with E-state index in [9.17, 15) is 4.79 Å². The zero-order chi connectivity index (χ0) is 12.5. The molecule has 1 heterocycles. The lowest BCUT2D eigenvalue weighted by atomic mass is 9.79. The van der Waals surface area contributed by atoms with Gasteiger partial charge in [-0.25, -0.2) is 0 Å². The van der Waals surface area contributed by atoms with Gasteiger partial charge in [0.15, 0.2) is 5.78 Å². The third-order valence-corrected chi connectivity index (χ3v) is 4.56. The van der Waals surface area contributed by atoms with Gasteiger partial charge in [-0.1, -0.05) is 24.3 Å². The van der Waals surface area contributed by atoms with Crippen LogP contribution in [-0.2, 0) is 6.42 Å². The summed E-state index contributed by atoms with van der Waals surface area (Å²) in [6.07, 6.45) is 3.23. The molecule has 92 valence electrons. The summed E-state index contributed by atoms with van der Waals surface area (Å²) in [6, 6.07) is 10.4. The van der Waals surface area contributed by atoms with Gasteiger partial charge in [0.2, 0.25) is 0 Å². The monoisotopic (exact) mass is 256 g/mol. The van der Waals surface area contributed by atoms with E-state index >= 15 is 0 Å². The molecule has 1 unspecified atom stereocenters. The zero-order valence-corrected chi connectivity index (χ0v) is 11.3. The van der Waals surface area contributed by atoms with Crippen molar-refractivity contribution >= 4 is 17.1 Å². The molecular formula is C16H16OS. The summed E-state index contributed by atoms with van der Waals surface area (Å²) < 4.78 is 0. The molecule has 18 heavy (non-hydrogen) atoms. The first-order valence-corrected chi connectivity index (χ1v) is 7.31. The Hall–Kier alpha value is -1.41. The van der Waals surface area contributed by atoms with E-state index in [4.69, 9.17) is 0 Å². The van der Waals surface area contributed by atoms with Crippen LogP contribution in [0.25, 0.3) is 0 Å². The second kappa shape index (κ2) is 4.69. The molecule has 0 radical (unpaired) electrons. The van der Waals surface area contributed by atoms with E-state index in [1.807, 2.05) is 17.5 Å². The molecule has 2 aromatic rings. The third kappa shape index (κ3) is 2.01. The number of carbonyl (C=O) groups excluding carboxylic acids is 1. The first kappa shape index (κ1) is 11.7. The zero-order valence-electron chi connectivity index (χ0n) is 10.5. The van der Waals surface area contributed by atoms with Crippen molar-refractivity contribution in [3.05, 3.63) is 57.3 Å². The van der Waals surface area contributed by atoms with Crippen LogP contribution in [0, 0.1) is 6.92 Å². The molecule has 0 aliphatic heterocycles. The minimum atomic E-state index is 0.0731. The number of hydrogen-bond donors (Lipinski definition) is 0. The largest absolute Gasteiger partial charge is 0.293 e. The van der Waals surface area contributed by atoms with Gasteiger partial charge in [-0.05, 0) is 43.4 Å². The van der Waals surface area contributed by atoms with Gasteiger partial charge in [0.25, 0.3) is 0 Å². The van der Waals surface area contributed by atoms with E-state index in [2.05, 4.69) is 25.1 Å². The van der Waals surface area contributed by atoms with E-state index in [0.717, 1.165) is 24.8 Å². The Kier molecular flexibility index (Phi) is 3.04. The van der Waals surface area contributed by atoms with Crippen LogP contribution in [-0.4, -0.2) is 5.78 Å². The summed E-state index contributed by atoms with van der Waals surface area (Å²) in [5.74, 6) is 0.371. The average Bonchev–Trinajstić information content (AvgIpc) is 2.84. The first-order valence-electron chi connectivity index (χ1n) is 6.43. The van der Waals surface area contributed by atoms with Crippen molar-refractivity contribution in [3.8, 4) is 0 Å². The van der Waals surface area contributed by atoms with Crippen LogP contribution >= 0.6 is 11.3 Å². The standard InChI is InChI=1S/C16H16OS/c1-11-9-13(10-18-11)16(17)15-8-4-6-12-5-2-3-7-14(12)15/h2-3,5,7,9-10,15H,4,6,8H2,1H3. The Labute approximate surface area is 111 Å². The van der Waals surface area contributed by atoms with Gasteiger partial charge in [-0.15, -0.1) is 11.3 Å². The summed E-state index contributed by atoms with van der Waals surface area (Å²) >= 11 is 1.66. The highest BCUT2D eigenvalue weighted by molar-refractivity contribution is 7.10. The van der Waals surface area contributed by atoms with Crippen LogP contribution in [0.15, 0.2) is 35.7 Å². The summed E-state index contributed by atoms with van der Waals surface area (Å²) in [7, 11) is 0. The van der Waals surface area contributed by atoms with Gasteiger partial charge in [0.1, 0.15) is 0 Å². The van der Waals surface area contributed by atoms with Crippen LogP contribution < -0.4 is 0 Å². The van der Waals surface area contributed by atoms with Crippen molar-refractivity contribution in [3.63, 3.8) is 0 Å². The fourth-order valence-corrected chi connectivity index (χ4v) is 3.49. The van der Waals surface area contributed by atoms with Gasteiger partial charge < -0.3 is 0 Å². The fraction of sp³-hybridized carbons (Fsp3) is 0.312. The SMILES string of the molecule is Cc1cc(C(=O)C2CCCc3ccccc32)cs1. The number of thiophene rings is 1. The smallest absolute Gasteiger partial charge is 0.171 e. The van der Waals surface area contributed by atoms with Crippen molar-refractivity contribution in [2.75, 3.05) is 0 Å². The average molecular weight is 256 g/mol. The minimum absolute atomic E-state index is 0.0731. The lowest BCUT2D eigenvalue weighted by molar-refractivity contribution is 0.0951. The van der Waals surface area contributed by atoms with Gasteiger partial charge in [-0.2, -0.15) is 0 Å². The quantitative estimate of drug-likeness (QED) is 0.730. The van der Waals surface area contributed by atoms with Gasteiger partial charge >= 0.3 is 0 Å². The van der Waals surface area contributed by atoms with E-state index in [1.54, 1.807) is 11.3 Å². The fourth-order valence-electron chi connectivity index (χ4n) is 2.80. The Bertz CT molecular complexity index is 582. The Morgan fingerprint density at radius 2 is 2.17 bits per heavy atom. The highest BCUT2D eigenvalue weighted by Crippen LogP contribution is 2.34. The highest BCUT2D eigenvalue weighted by Gasteiger charge is 2.27. The predicted molar refractivity (Wildman–Crippen MR) is 75.5 cm³/mol. The Morgan fingerprint density at radius 1 is 1.33 bits per heavy atom. The molecule has 1 nitrogen and oxygen atoms in total. The Balaban J connectivity index is 1.96. The van der Waals surface area contributed by atoms with Crippen LogP contribution in [0.2, 0.25) is 0 Å². The summed E-state index contributed by atoms with van der Waals surface area (Å²) in [4.78, 5) is 13.8. The van der Waals surface area contributed by atoms with Crippen LogP contribution in [0.1, 0.15) is 45.1 Å². The third-order valence-electron chi connectivity index (χ3n) is 3.70. The number of ketones is 1. The molecule has 1 aromatic heterocycles. The van der Waals surface area contributed by atoms with Gasteiger partial charge in [-0.3, -0.25) is 4.79 Å². The lowest BCUT2D eigenvalue weighted by Crippen LogP contribution is -2.18. The molecular weight excluding hydrogens is 240 g/mol. The van der Waals surface area contributed by atoms with Crippen molar-refractivity contribution in [2.45, 2.75) is 32.1 Å². The summed E-state index contributed by atoms with van der Waals surface area (Å²) in [5.41, 5.74) is 3.49. The maximum atomic E-state index is 12.6. The molecule has 1 aliphatic carbocycles. The van der Waals surface area contributed by atoms with E-state index < -0.39 is 0 Å². The Morgan fingerprint density at radius 3 is 2.94 bits per heavy atom. The first-order chi connectivity index (χ1) is 8.75. The van der Waals surface area contributed by atoms with Crippen molar-refractivity contribution in [2.24, 2.45) is 0 Å². The number of rotatable bonds is 2. The normalized spacial score (nSPS) is 18.4. The molecule has 0 amide bonds. The molecule has 0 fully saturated rings. The molecule has 0 bridgehead atoms. The van der Waals surface area contributed by atoms with Gasteiger partial charge in [0.05, 0.1) is 0 Å². The van der Waals surface area contributed by atoms with Crippen LogP contribution in [0.3, 0.4) is 0 Å². The van der Waals surface area contributed by atoms with Crippen molar-refractivity contribution < 1.29 is 4.79 Å². The van der Waals surface area contributed by atoms with E-state index in [1.165, 1.54) is 16.0 Å². The maximum Gasteiger partial charge on any atom is 0.171 e. The topological polar surface area (TPSA) is 17.1 Å². The maximum absolute atomic E-state index is 12.6. The van der Waals surface area contributed by atoms with Crippen molar-refractivity contribution in [1.29, 1.82) is 0 Å².